The van der Waals surface area contributed by atoms with Crippen LogP contribution in [0.3, 0.4) is 0 Å². The second-order valence-corrected chi connectivity index (χ2v) is 4.64. The van der Waals surface area contributed by atoms with Crippen LogP contribution in [-0.4, -0.2) is 19.2 Å². The fraction of sp³-hybridized carbons (Fsp3) is 0.312. The van der Waals surface area contributed by atoms with Crippen LogP contribution in [0.2, 0.25) is 0 Å². The summed E-state index contributed by atoms with van der Waals surface area (Å²) in [4.78, 5) is 4.27. The molecule has 0 aliphatic rings. The molecule has 0 spiro atoms. The molecule has 2 aromatic rings. The summed E-state index contributed by atoms with van der Waals surface area (Å²) in [6.07, 6.45) is 1.67. The Morgan fingerprint density at radius 1 is 1.10 bits per heavy atom. The van der Waals surface area contributed by atoms with Gasteiger partial charge in [0, 0.05) is 18.3 Å². The Kier molecular flexibility index (Phi) is 5.00. The molecule has 21 heavy (non-hydrogen) atoms. The molecule has 2 rings (SSSR count). The number of nitrogens with two attached hydrogens (primary N) is 1. The van der Waals surface area contributed by atoms with Crippen molar-refractivity contribution in [1.82, 2.24) is 4.98 Å². The molecule has 0 aliphatic carbocycles. The number of aromatic nitrogens is 1. The van der Waals surface area contributed by atoms with Crippen molar-refractivity contribution in [2.45, 2.75) is 19.6 Å². The highest BCUT2D eigenvalue weighted by molar-refractivity contribution is 5.42. The van der Waals surface area contributed by atoms with E-state index in [9.17, 15) is 0 Å². The van der Waals surface area contributed by atoms with E-state index in [1.54, 1.807) is 26.5 Å². The molecule has 0 aliphatic heterocycles. The van der Waals surface area contributed by atoms with E-state index in [0.717, 1.165) is 11.3 Å². The van der Waals surface area contributed by atoms with Gasteiger partial charge in [0.05, 0.1) is 14.2 Å². The van der Waals surface area contributed by atoms with Gasteiger partial charge < -0.3 is 19.9 Å². The first-order valence-electron chi connectivity index (χ1n) is 6.70. The van der Waals surface area contributed by atoms with Gasteiger partial charge in [-0.15, -0.1) is 0 Å². The van der Waals surface area contributed by atoms with Gasteiger partial charge in [0.1, 0.15) is 18.1 Å². The predicted octanol–water partition coefficient (Wildman–Crippen LogP) is 2.70. The van der Waals surface area contributed by atoms with Crippen LogP contribution in [0.5, 0.6) is 17.2 Å². The number of ether oxygens (including phenoxy) is 3. The van der Waals surface area contributed by atoms with E-state index in [0.29, 0.717) is 23.8 Å². The lowest BCUT2D eigenvalue weighted by Gasteiger charge is -2.13. The highest BCUT2D eigenvalue weighted by Crippen LogP contribution is 2.29. The van der Waals surface area contributed by atoms with Crippen molar-refractivity contribution in [1.29, 1.82) is 0 Å². The van der Waals surface area contributed by atoms with E-state index in [1.165, 1.54) is 0 Å². The van der Waals surface area contributed by atoms with Crippen molar-refractivity contribution in [3.05, 3.63) is 47.8 Å². The Labute approximate surface area is 124 Å². The molecule has 0 saturated carbocycles. The molecule has 0 fully saturated rings. The minimum Gasteiger partial charge on any atom is -0.493 e. The minimum atomic E-state index is 0.0131. The monoisotopic (exact) mass is 288 g/mol. The molecule has 5 nitrogen and oxygen atoms in total. The highest BCUT2D eigenvalue weighted by Gasteiger charge is 2.11. The number of rotatable bonds is 6. The Morgan fingerprint density at radius 3 is 2.38 bits per heavy atom. The summed E-state index contributed by atoms with van der Waals surface area (Å²) < 4.78 is 16.3. The standard InChI is InChI=1S/C16H20N2O3/c1-11(17)12-4-6-13(7-5-12)21-10-14-16(20-3)15(19-2)8-9-18-14/h4-9,11H,10,17H2,1-3H3/t11-/m1/s1. The van der Waals surface area contributed by atoms with E-state index in [4.69, 9.17) is 19.9 Å². The number of pyridine rings is 1. The van der Waals surface area contributed by atoms with Crippen molar-refractivity contribution in [2.75, 3.05) is 14.2 Å². The quantitative estimate of drug-likeness (QED) is 0.885. The second kappa shape index (κ2) is 6.95. The zero-order valence-corrected chi connectivity index (χ0v) is 12.5. The number of nitrogens with zero attached hydrogens (tertiary/aromatic N) is 1. The summed E-state index contributed by atoms with van der Waals surface area (Å²) in [6.45, 7) is 2.25. The largest absolute Gasteiger partial charge is 0.493 e. The molecule has 0 bridgehead atoms. The van der Waals surface area contributed by atoms with E-state index in [-0.39, 0.29) is 6.04 Å². The first kappa shape index (κ1) is 15.1. The van der Waals surface area contributed by atoms with Gasteiger partial charge in [-0.2, -0.15) is 0 Å². The van der Waals surface area contributed by atoms with E-state index in [1.807, 2.05) is 31.2 Å². The first-order chi connectivity index (χ1) is 10.2. The molecule has 0 saturated heterocycles. The third-order valence-electron chi connectivity index (χ3n) is 3.15. The summed E-state index contributed by atoms with van der Waals surface area (Å²) in [6, 6.07) is 9.46. The maximum absolute atomic E-state index is 5.82. The normalized spacial score (nSPS) is 11.8. The van der Waals surface area contributed by atoms with E-state index >= 15 is 0 Å². The maximum Gasteiger partial charge on any atom is 0.185 e. The molecule has 0 radical (unpaired) electrons. The summed E-state index contributed by atoms with van der Waals surface area (Å²) in [7, 11) is 3.18. The van der Waals surface area contributed by atoms with Gasteiger partial charge in [-0.05, 0) is 24.6 Å². The van der Waals surface area contributed by atoms with Gasteiger partial charge in [-0.25, -0.2) is 0 Å². The van der Waals surface area contributed by atoms with Crippen LogP contribution in [0, 0.1) is 0 Å². The molecule has 1 aromatic carbocycles. The number of hydrogen-bond acceptors (Lipinski definition) is 5. The number of methoxy groups -OCH3 is 2. The SMILES string of the molecule is COc1ccnc(COc2ccc([C@@H](C)N)cc2)c1OC. The molecule has 0 unspecified atom stereocenters. The molecule has 5 heteroatoms. The zero-order valence-electron chi connectivity index (χ0n) is 12.5. The lowest BCUT2D eigenvalue weighted by atomic mass is 10.1. The van der Waals surface area contributed by atoms with Gasteiger partial charge in [-0.1, -0.05) is 12.1 Å². The van der Waals surface area contributed by atoms with Gasteiger partial charge >= 0.3 is 0 Å². The van der Waals surface area contributed by atoms with E-state index < -0.39 is 0 Å². The average molecular weight is 288 g/mol. The van der Waals surface area contributed by atoms with Crippen molar-refractivity contribution in [2.24, 2.45) is 5.73 Å². The van der Waals surface area contributed by atoms with Gasteiger partial charge in [0.25, 0.3) is 0 Å². The molecule has 2 N–H and O–H groups in total. The Morgan fingerprint density at radius 2 is 1.81 bits per heavy atom. The van der Waals surface area contributed by atoms with Crippen molar-refractivity contribution < 1.29 is 14.2 Å². The van der Waals surface area contributed by atoms with Crippen LogP contribution in [0.4, 0.5) is 0 Å². The third-order valence-corrected chi connectivity index (χ3v) is 3.15. The van der Waals surface area contributed by atoms with Crippen LogP contribution in [0.15, 0.2) is 36.5 Å². The van der Waals surface area contributed by atoms with Gasteiger partial charge in [-0.3, -0.25) is 4.98 Å². The van der Waals surface area contributed by atoms with Crippen LogP contribution in [0.25, 0.3) is 0 Å². The van der Waals surface area contributed by atoms with Gasteiger partial charge in [0.15, 0.2) is 11.5 Å². The summed E-state index contributed by atoms with van der Waals surface area (Å²) in [5.41, 5.74) is 7.57. The summed E-state index contributed by atoms with van der Waals surface area (Å²) >= 11 is 0. The minimum absolute atomic E-state index is 0.0131. The highest BCUT2D eigenvalue weighted by atomic mass is 16.5. The zero-order chi connectivity index (χ0) is 15.2. The van der Waals surface area contributed by atoms with Crippen LogP contribution < -0.4 is 19.9 Å². The predicted molar refractivity (Wildman–Crippen MR) is 80.7 cm³/mol. The van der Waals surface area contributed by atoms with Gasteiger partial charge in [0.2, 0.25) is 0 Å². The Hall–Kier alpha value is -2.27. The lowest BCUT2D eigenvalue weighted by Crippen LogP contribution is -2.05. The number of benzene rings is 1. The van der Waals surface area contributed by atoms with Crippen molar-refractivity contribution in [3.8, 4) is 17.2 Å². The molecule has 1 aromatic heterocycles. The molecular weight excluding hydrogens is 268 g/mol. The molecular formula is C16H20N2O3. The smallest absolute Gasteiger partial charge is 0.185 e. The molecule has 112 valence electrons. The van der Waals surface area contributed by atoms with Crippen molar-refractivity contribution in [3.63, 3.8) is 0 Å². The summed E-state index contributed by atoms with van der Waals surface area (Å²) in [5.74, 6) is 1.98. The average Bonchev–Trinajstić information content (AvgIpc) is 2.52. The fourth-order valence-corrected chi connectivity index (χ4v) is 1.97. The Bertz CT molecular complexity index is 583. The second-order valence-electron chi connectivity index (χ2n) is 4.64. The molecule has 1 atom stereocenters. The summed E-state index contributed by atoms with van der Waals surface area (Å²) in [5, 5.41) is 0. The van der Waals surface area contributed by atoms with Crippen LogP contribution >= 0.6 is 0 Å². The third kappa shape index (κ3) is 3.64. The topological polar surface area (TPSA) is 66.6 Å². The molecule has 1 heterocycles. The van der Waals surface area contributed by atoms with Crippen LogP contribution in [-0.2, 0) is 6.61 Å². The first-order valence-corrected chi connectivity index (χ1v) is 6.70. The van der Waals surface area contributed by atoms with E-state index in [2.05, 4.69) is 4.98 Å². The lowest BCUT2D eigenvalue weighted by molar-refractivity contribution is 0.284. The Balaban J connectivity index is 2.09. The fourth-order valence-electron chi connectivity index (χ4n) is 1.97. The molecule has 0 amide bonds. The maximum atomic E-state index is 5.82. The number of hydrogen-bond donors (Lipinski definition) is 1. The van der Waals surface area contributed by atoms with Crippen LogP contribution in [0.1, 0.15) is 24.2 Å². The van der Waals surface area contributed by atoms with Crippen molar-refractivity contribution >= 4 is 0 Å².